The Balaban J connectivity index is 1.84. The lowest BCUT2D eigenvalue weighted by Crippen LogP contribution is -2.32. The summed E-state index contributed by atoms with van der Waals surface area (Å²) in [4.78, 5) is 11.6. The van der Waals surface area contributed by atoms with Gasteiger partial charge in [0.05, 0.1) is 17.1 Å². The molecule has 1 atom stereocenters. The van der Waals surface area contributed by atoms with Gasteiger partial charge in [0.1, 0.15) is 5.75 Å². The summed E-state index contributed by atoms with van der Waals surface area (Å²) >= 11 is 0. The largest absolute Gasteiger partial charge is 0.573 e. The van der Waals surface area contributed by atoms with Gasteiger partial charge in [-0.15, -0.1) is 13.2 Å². The van der Waals surface area contributed by atoms with Crippen molar-refractivity contribution < 1.29 is 31.1 Å². The minimum atomic E-state index is -4.86. The number of rotatable bonds is 8. The number of sulfonamides is 1. The van der Waals surface area contributed by atoms with Crippen molar-refractivity contribution in [2.45, 2.75) is 30.6 Å². The van der Waals surface area contributed by atoms with Crippen LogP contribution in [0, 0.1) is 0 Å². The second-order valence-corrected chi connectivity index (χ2v) is 7.25. The molecular weight excluding hydrogens is 389 g/mol. The first-order valence-electron chi connectivity index (χ1n) is 7.70. The fourth-order valence-corrected chi connectivity index (χ4v) is 3.13. The highest BCUT2D eigenvalue weighted by Gasteiger charge is 2.31. The molecule has 0 unspecified atom stereocenters. The van der Waals surface area contributed by atoms with Crippen molar-refractivity contribution in [3.05, 3.63) is 42.2 Å². The lowest BCUT2D eigenvalue weighted by molar-refractivity contribution is -0.274. The summed E-state index contributed by atoms with van der Waals surface area (Å²) in [5.41, 5.74) is 0.769. The van der Waals surface area contributed by atoms with Crippen LogP contribution in [-0.4, -0.2) is 37.4 Å². The molecule has 0 aliphatic heterocycles. The van der Waals surface area contributed by atoms with Crippen LogP contribution in [0.2, 0.25) is 0 Å². The quantitative estimate of drug-likeness (QED) is 0.619. The number of aromatic amines is 1. The zero-order valence-corrected chi connectivity index (χ0v) is 14.9. The van der Waals surface area contributed by atoms with Crippen LogP contribution < -0.4 is 14.8 Å². The molecule has 0 saturated heterocycles. The van der Waals surface area contributed by atoms with Crippen molar-refractivity contribution in [3.8, 4) is 5.75 Å². The smallest absolute Gasteiger partial charge is 0.406 e. The summed E-state index contributed by atoms with van der Waals surface area (Å²) in [6, 6.07) is 3.44. The number of nitrogens with zero attached hydrogens (tertiary/aromatic N) is 1. The van der Waals surface area contributed by atoms with Gasteiger partial charge >= 0.3 is 6.36 Å². The maximum absolute atomic E-state index is 12.1. The summed E-state index contributed by atoms with van der Waals surface area (Å²) in [6.07, 6.45) is -1.80. The third-order valence-electron chi connectivity index (χ3n) is 3.41. The molecule has 0 radical (unpaired) electrons. The summed E-state index contributed by atoms with van der Waals surface area (Å²) in [6.45, 7) is 1.57. The van der Waals surface area contributed by atoms with Crippen LogP contribution in [0.4, 0.5) is 13.2 Å². The summed E-state index contributed by atoms with van der Waals surface area (Å²) in [7, 11) is -3.97. The number of benzene rings is 1. The molecule has 0 bridgehead atoms. The molecule has 0 saturated carbocycles. The first kappa shape index (κ1) is 20.7. The number of H-pyrrole nitrogens is 1. The van der Waals surface area contributed by atoms with Gasteiger partial charge < -0.3 is 10.1 Å². The van der Waals surface area contributed by atoms with Crippen molar-refractivity contribution in [2.75, 3.05) is 6.54 Å². The third-order valence-corrected chi connectivity index (χ3v) is 4.89. The van der Waals surface area contributed by atoms with Gasteiger partial charge in [-0.2, -0.15) is 5.10 Å². The molecule has 0 spiro atoms. The number of hydrogen-bond acceptors (Lipinski definition) is 5. The molecular formula is C15H17F3N4O4S. The minimum Gasteiger partial charge on any atom is -0.406 e. The standard InChI is InChI=1S/C15H17F3N4O4S/c1-10(11-8-19-20-9-11)22-14(23)6-7-21-27(24,25)13-4-2-12(3-5-13)26-15(16,17)18/h2-5,8-10,21H,6-7H2,1H3,(H,19,20)(H,22,23)/t10-/m1/s1. The Morgan fingerprint density at radius 1 is 1.30 bits per heavy atom. The number of carbonyl (C=O) groups is 1. The monoisotopic (exact) mass is 406 g/mol. The van der Waals surface area contributed by atoms with E-state index < -0.39 is 22.1 Å². The summed E-state index contributed by atoms with van der Waals surface area (Å²) in [5.74, 6) is -0.908. The number of aromatic nitrogens is 2. The van der Waals surface area contributed by atoms with E-state index in [0.29, 0.717) is 0 Å². The second kappa shape index (κ2) is 8.39. The van der Waals surface area contributed by atoms with Gasteiger partial charge in [-0.05, 0) is 31.2 Å². The number of amides is 1. The molecule has 0 aliphatic rings. The molecule has 1 heterocycles. The van der Waals surface area contributed by atoms with Crippen LogP contribution in [-0.2, 0) is 14.8 Å². The van der Waals surface area contributed by atoms with Crippen molar-refractivity contribution >= 4 is 15.9 Å². The highest BCUT2D eigenvalue weighted by atomic mass is 32.2. The molecule has 1 aromatic heterocycles. The fraction of sp³-hybridized carbons (Fsp3) is 0.333. The molecule has 1 aromatic carbocycles. The van der Waals surface area contributed by atoms with E-state index in [4.69, 9.17) is 0 Å². The lowest BCUT2D eigenvalue weighted by Gasteiger charge is -2.12. The number of alkyl halides is 3. The number of nitrogens with one attached hydrogen (secondary N) is 3. The van der Waals surface area contributed by atoms with Crippen LogP contribution in [0.3, 0.4) is 0 Å². The molecule has 8 nitrogen and oxygen atoms in total. The van der Waals surface area contributed by atoms with E-state index in [0.717, 1.165) is 29.8 Å². The van der Waals surface area contributed by atoms with Gasteiger partial charge in [0.25, 0.3) is 0 Å². The lowest BCUT2D eigenvalue weighted by atomic mass is 10.2. The molecule has 2 rings (SSSR count). The summed E-state index contributed by atoms with van der Waals surface area (Å²) in [5, 5.41) is 9.06. The third kappa shape index (κ3) is 6.57. The fourth-order valence-electron chi connectivity index (χ4n) is 2.10. The van der Waals surface area contributed by atoms with E-state index in [1.165, 1.54) is 0 Å². The Hall–Kier alpha value is -2.60. The Kier molecular flexibility index (Phi) is 6.44. The Morgan fingerprint density at radius 3 is 2.52 bits per heavy atom. The highest BCUT2D eigenvalue weighted by Crippen LogP contribution is 2.23. The van der Waals surface area contributed by atoms with E-state index >= 15 is 0 Å². The summed E-state index contributed by atoms with van der Waals surface area (Å²) < 4.78 is 66.4. The van der Waals surface area contributed by atoms with E-state index in [1.54, 1.807) is 19.3 Å². The molecule has 12 heteroatoms. The minimum absolute atomic E-state index is 0.114. The van der Waals surface area contributed by atoms with E-state index in [1.807, 2.05) is 0 Å². The van der Waals surface area contributed by atoms with Gasteiger partial charge in [-0.3, -0.25) is 9.89 Å². The molecule has 0 aliphatic carbocycles. The number of carbonyl (C=O) groups excluding carboxylic acids is 1. The molecule has 1 amide bonds. The molecule has 0 fully saturated rings. The topological polar surface area (TPSA) is 113 Å². The van der Waals surface area contributed by atoms with Crippen LogP contribution in [0.15, 0.2) is 41.6 Å². The molecule has 2 aromatic rings. The predicted molar refractivity (Wildman–Crippen MR) is 88.1 cm³/mol. The number of ether oxygens (including phenoxy) is 1. The van der Waals surface area contributed by atoms with E-state index in [9.17, 15) is 26.4 Å². The second-order valence-electron chi connectivity index (χ2n) is 5.49. The van der Waals surface area contributed by atoms with Crippen molar-refractivity contribution in [2.24, 2.45) is 0 Å². The van der Waals surface area contributed by atoms with Crippen LogP contribution in [0.1, 0.15) is 24.9 Å². The van der Waals surface area contributed by atoms with Crippen LogP contribution >= 0.6 is 0 Å². The highest BCUT2D eigenvalue weighted by molar-refractivity contribution is 7.89. The van der Waals surface area contributed by atoms with E-state index in [-0.39, 0.29) is 29.8 Å². The zero-order valence-electron chi connectivity index (χ0n) is 14.1. The van der Waals surface area contributed by atoms with Gasteiger partial charge in [-0.25, -0.2) is 13.1 Å². The van der Waals surface area contributed by atoms with Crippen molar-refractivity contribution in [1.29, 1.82) is 0 Å². The predicted octanol–water partition coefficient (Wildman–Crippen LogP) is 1.85. The molecule has 148 valence electrons. The van der Waals surface area contributed by atoms with Crippen LogP contribution in [0.25, 0.3) is 0 Å². The Bertz CT molecular complexity index is 852. The number of hydrogen-bond donors (Lipinski definition) is 3. The van der Waals surface area contributed by atoms with Gasteiger partial charge in [0.2, 0.25) is 15.9 Å². The average Bonchev–Trinajstić information content (AvgIpc) is 3.08. The molecule has 27 heavy (non-hydrogen) atoms. The van der Waals surface area contributed by atoms with E-state index in [2.05, 4.69) is 25.0 Å². The average molecular weight is 406 g/mol. The first-order chi connectivity index (χ1) is 12.6. The Morgan fingerprint density at radius 2 is 1.96 bits per heavy atom. The van der Waals surface area contributed by atoms with Crippen molar-refractivity contribution in [1.82, 2.24) is 20.2 Å². The van der Waals surface area contributed by atoms with Crippen molar-refractivity contribution in [3.63, 3.8) is 0 Å². The maximum atomic E-state index is 12.1. The van der Waals surface area contributed by atoms with Crippen LogP contribution in [0.5, 0.6) is 5.75 Å². The maximum Gasteiger partial charge on any atom is 0.573 e. The first-order valence-corrected chi connectivity index (χ1v) is 9.19. The number of halogens is 3. The van der Waals surface area contributed by atoms with Gasteiger partial charge in [0, 0.05) is 24.7 Å². The normalized spacial score (nSPS) is 13.2. The van der Waals surface area contributed by atoms with Gasteiger partial charge in [0.15, 0.2) is 0 Å². The SMILES string of the molecule is C[C@@H](NC(=O)CCNS(=O)(=O)c1ccc(OC(F)(F)F)cc1)c1cn[nH]c1. The Labute approximate surface area is 153 Å². The van der Waals surface area contributed by atoms with Gasteiger partial charge in [-0.1, -0.05) is 0 Å². The zero-order chi connectivity index (χ0) is 20.1. The molecule has 3 N–H and O–H groups in total.